The van der Waals surface area contributed by atoms with Gasteiger partial charge in [0.15, 0.2) is 0 Å². The topological polar surface area (TPSA) is 71.2 Å². The van der Waals surface area contributed by atoms with Crippen LogP contribution in [0.15, 0.2) is 18.3 Å². The Morgan fingerprint density at radius 2 is 2.29 bits per heavy atom. The third-order valence-corrected chi connectivity index (χ3v) is 2.59. The number of nitrogens with zero attached hydrogens (tertiary/aromatic N) is 1. The average Bonchev–Trinajstić information content (AvgIpc) is 2.13. The van der Waals surface area contributed by atoms with E-state index in [4.69, 9.17) is 10.8 Å². The van der Waals surface area contributed by atoms with Crippen LogP contribution < -0.4 is 11.1 Å². The van der Waals surface area contributed by atoms with Crippen molar-refractivity contribution in [1.29, 1.82) is 0 Å². The molecule has 0 aliphatic heterocycles. The second-order valence-corrected chi connectivity index (χ2v) is 3.84. The number of rotatable bonds is 3. The van der Waals surface area contributed by atoms with Crippen molar-refractivity contribution in [3.63, 3.8) is 0 Å². The maximum absolute atomic E-state index is 9.10. The van der Waals surface area contributed by atoms with Crippen LogP contribution in [-0.2, 0) is 0 Å². The Bertz CT molecular complexity index is 293. The molecule has 0 amide bonds. The van der Waals surface area contributed by atoms with Crippen molar-refractivity contribution in [3.8, 4) is 0 Å². The smallest absolute Gasteiger partial charge is 0.123 e. The lowest BCUT2D eigenvalue weighted by Gasteiger charge is -2.31. The largest absolute Gasteiger partial charge is 0.393 e. The molecule has 0 spiro atoms. The van der Waals surface area contributed by atoms with E-state index in [9.17, 15) is 0 Å². The van der Waals surface area contributed by atoms with Crippen molar-refractivity contribution >= 4 is 11.5 Å². The predicted octanol–water partition coefficient (Wildman–Crippen LogP) is 0.847. The Kier molecular flexibility index (Phi) is 2.54. The Hall–Kier alpha value is -1.29. The Labute approximate surface area is 83.2 Å². The van der Waals surface area contributed by atoms with Gasteiger partial charge in [-0.15, -0.1) is 0 Å². The van der Waals surface area contributed by atoms with Gasteiger partial charge in [0.25, 0.3) is 0 Å². The van der Waals surface area contributed by atoms with Crippen LogP contribution in [0.3, 0.4) is 0 Å². The average molecular weight is 193 g/mol. The number of hydrogen-bond acceptors (Lipinski definition) is 4. The van der Waals surface area contributed by atoms with Crippen LogP contribution in [0, 0.1) is 5.92 Å². The Morgan fingerprint density at radius 1 is 1.50 bits per heavy atom. The summed E-state index contributed by atoms with van der Waals surface area (Å²) < 4.78 is 0. The number of nitrogens with one attached hydrogen (secondary N) is 1. The summed E-state index contributed by atoms with van der Waals surface area (Å²) in [6.07, 6.45) is 3.47. The molecule has 14 heavy (non-hydrogen) atoms. The molecule has 0 saturated heterocycles. The highest BCUT2D eigenvalue weighted by molar-refractivity contribution is 5.45. The van der Waals surface area contributed by atoms with Crippen molar-refractivity contribution in [2.75, 3.05) is 17.6 Å². The molecule has 0 atom stereocenters. The highest BCUT2D eigenvalue weighted by Gasteiger charge is 2.26. The van der Waals surface area contributed by atoms with Crippen molar-refractivity contribution in [3.05, 3.63) is 18.3 Å². The molecule has 1 aromatic rings. The Balaban J connectivity index is 1.78. The molecule has 76 valence electrons. The first kappa shape index (κ1) is 9.27. The molecule has 0 bridgehead atoms. The SMILES string of the molecule is Nc1ccc(NCC2CC(O)C2)cn1. The van der Waals surface area contributed by atoms with E-state index >= 15 is 0 Å². The van der Waals surface area contributed by atoms with Gasteiger partial charge in [-0.1, -0.05) is 0 Å². The van der Waals surface area contributed by atoms with E-state index < -0.39 is 0 Å². The minimum absolute atomic E-state index is 0.0775. The second kappa shape index (κ2) is 3.84. The summed E-state index contributed by atoms with van der Waals surface area (Å²) in [5, 5.41) is 12.4. The maximum atomic E-state index is 9.10. The normalized spacial score (nSPS) is 25.5. The number of nitrogen functional groups attached to an aromatic ring is 1. The summed E-state index contributed by atoms with van der Waals surface area (Å²) in [5.74, 6) is 1.14. The van der Waals surface area contributed by atoms with Crippen LogP contribution in [0.25, 0.3) is 0 Å². The van der Waals surface area contributed by atoms with E-state index in [0.717, 1.165) is 25.1 Å². The molecular weight excluding hydrogens is 178 g/mol. The summed E-state index contributed by atoms with van der Waals surface area (Å²) in [7, 11) is 0. The minimum atomic E-state index is -0.0775. The summed E-state index contributed by atoms with van der Waals surface area (Å²) in [5.41, 5.74) is 6.45. The number of nitrogens with two attached hydrogens (primary N) is 1. The third kappa shape index (κ3) is 2.14. The number of aliphatic hydroxyl groups excluding tert-OH is 1. The van der Waals surface area contributed by atoms with E-state index in [0.29, 0.717) is 11.7 Å². The van der Waals surface area contributed by atoms with Gasteiger partial charge in [-0.3, -0.25) is 0 Å². The highest BCUT2D eigenvalue weighted by Crippen LogP contribution is 2.27. The quantitative estimate of drug-likeness (QED) is 0.665. The summed E-state index contributed by atoms with van der Waals surface area (Å²) in [6.45, 7) is 0.905. The summed E-state index contributed by atoms with van der Waals surface area (Å²) in [4.78, 5) is 3.98. The number of pyridine rings is 1. The van der Waals surface area contributed by atoms with Gasteiger partial charge in [-0.05, 0) is 30.9 Å². The molecule has 0 unspecified atom stereocenters. The van der Waals surface area contributed by atoms with E-state index in [-0.39, 0.29) is 6.10 Å². The Morgan fingerprint density at radius 3 is 2.86 bits per heavy atom. The van der Waals surface area contributed by atoms with Gasteiger partial charge in [-0.2, -0.15) is 0 Å². The number of hydrogen-bond donors (Lipinski definition) is 3. The third-order valence-electron chi connectivity index (χ3n) is 2.59. The van der Waals surface area contributed by atoms with Gasteiger partial charge < -0.3 is 16.2 Å². The summed E-state index contributed by atoms with van der Waals surface area (Å²) in [6, 6.07) is 3.69. The molecule has 1 fully saturated rings. The van der Waals surface area contributed by atoms with Crippen LogP contribution in [-0.4, -0.2) is 22.7 Å². The number of anilines is 2. The number of aliphatic hydroxyl groups is 1. The van der Waals surface area contributed by atoms with E-state index in [1.807, 2.05) is 6.07 Å². The predicted molar refractivity (Wildman–Crippen MR) is 55.9 cm³/mol. The molecule has 0 aromatic carbocycles. The first-order valence-corrected chi connectivity index (χ1v) is 4.87. The molecule has 1 heterocycles. The van der Waals surface area contributed by atoms with E-state index in [2.05, 4.69) is 10.3 Å². The van der Waals surface area contributed by atoms with Crippen LogP contribution in [0.2, 0.25) is 0 Å². The minimum Gasteiger partial charge on any atom is -0.393 e. The standard InChI is InChI=1S/C10H15N3O/c11-10-2-1-8(6-13-10)12-5-7-3-9(14)4-7/h1-2,6-7,9,12,14H,3-5H2,(H2,11,13). The molecular formula is C10H15N3O. The van der Waals surface area contributed by atoms with Crippen molar-refractivity contribution in [2.24, 2.45) is 5.92 Å². The fourth-order valence-corrected chi connectivity index (χ4v) is 1.64. The van der Waals surface area contributed by atoms with Crippen LogP contribution in [0.4, 0.5) is 11.5 Å². The van der Waals surface area contributed by atoms with Gasteiger partial charge >= 0.3 is 0 Å². The zero-order valence-corrected chi connectivity index (χ0v) is 7.98. The van der Waals surface area contributed by atoms with Crippen molar-refractivity contribution in [1.82, 2.24) is 4.98 Å². The molecule has 0 radical (unpaired) electrons. The van der Waals surface area contributed by atoms with E-state index in [1.54, 1.807) is 12.3 Å². The molecule has 1 aliphatic carbocycles. The van der Waals surface area contributed by atoms with Crippen LogP contribution >= 0.6 is 0 Å². The van der Waals surface area contributed by atoms with Gasteiger partial charge in [0, 0.05) is 6.54 Å². The summed E-state index contributed by atoms with van der Waals surface area (Å²) >= 11 is 0. The lowest BCUT2D eigenvalue weighted by molar-refractivity contribution is 0.0487. The molecule has 1 aliphatic rings. The van der Waals surface area contributed by atoms with Crippen LogP contribution in [0.5, 0.6) is 0 Å². The first-order chi connectivity index (χ1) is 6.74. The molecule has 1 saturated carbocycles. The van der Waals surface area contributed by atoms with E-state index in [1.165, 1.54) is 0 Å². The fourth-order valence-electron chi connectivity index (χ4n) is 1.64. The lowest BCUT2D eigenvalue weighted by atomic mass is 9.82. The lowest BCUT2D eigenvalue weighted by Crippen LogP contribution is -2.33. The zero-order valence-electron chi connectivity index (χ0n) is 7.98. The molecule has 4 nitrogen and oxygen atoms in total. The fraction of sp³-hybridized carbons (Fsp3) is 0.500. The highest BCUT2D eigenvalue weighted by atomic mass is 16.3. The second-order valence-electron chi connectivity index (χ2n) is 3.84. The molecule has 4 N–H and O–H groups in total. The van der Waals surface area contributed by atoms with Crippen molar-refractivity contribution < 1.29 is 5.11 Å². The first-order valence-electron chi connectivity index (χ1n) is 4.87. The molecule has 4 heteroatoms. The zero-order chi connectivity index (χ0) is 9.97. The van der Waals surface area contributed by atoms with Crippen LogP contribution in [0.1, 0.15) is 12.8 Å². The maximum Gasteiger partial charge on any atom is 0.123 e. The van der Waals surface area contributed by atoms with Crippen molar-refractivity contribution in [2.45, 2.75) is 18.9 Å². The van der Waals surface area contributed by atoms with Gasteiger partial charge in [0.2, 0.25) is 0 Å². The molecule has 1 aromatic heterocycles. The van der Waals surface area contributed by atoms with Gasteiger partial charge in [0.05, 0.1) is 18.0 Å². The van der Waals surface area contributed by atoms with Gasteiger partial charge in [-0.25, -0.2) is 4.98 Å². The monoisotopic (exact) mass is 193 g/mol. The molecule has 2 rings (SSSR count). The van der Waals surface area contributed by atoms with Gasteiger partial charge in [0.1, 0.15) is 5.82 Å². The number of aromatic nitrogens is 1.